The van der Waals surface area contributed by atoms with E-state index in [9.17, 15) is 0 Å². The van der Waals surface area contributed by atoms with Gasteiger partial charge in [0, 0.05) is 24.1 Å². The maximum atomic E-state index is 6.20. The van der Waals surface area contributed by atoms with Gasteiger partial charge < -0.3 is 14.5 Å². The second-order valence-corrected chi connectivity index (χ2v) is 7.34. The molecule has 0 amide bonds. The lowest BCUT2D eigenvalue weighted by Gasteiger charge is -2.34. The number of nitrogens with one attached hydrogen (secondary N) is 1. The predicted octanol–water partition coefficient (Wildman–Crippen LogP) is 4.51. The molecule has 0 bridgehead atoms. The molecule has 2 aliphatic rings. The van der Waals surface area contributed by atoms with Crippen molar-refractivity contribution in [3.05, 3.63) is 41.9 Å². The summed E-state index contributed by atoms with van der Waals surface area (Å²) in [5, 5.41) is 3.79. The molecule has 4 nitrogen and oxygen atoms in total. The van der Waals surface area contributed by atoms with Gasteiger partial charge in [0.1, 0.15) is 0 Å². The highest BCUT2D eigenvalue weighted by Gasteiger charge is 2.38. The van der Waals surface area contributed by atoms with Crippen molar-refractivity contribution in [2.75, 3.05) is 6.61 Å². The van der Waals surface area contributed by atoms with Gasteiger partial charge in [-0.05, 0) is 39.0 Å². The number of fused-ring (bicyclic) bond motifs is 1. The van der Waals surface area contributed by atoms with Crippen molar-refractivity contribution in [2.45, 2.75) is 64.1 Å². The minimum absolute atomic E-state index is 0.118. The first-order valence-electron chi connectivity index (χ1n) is 9.69. The van der Waals surface area contributed by atoms with E-state index in [-0.39, 0.29) is 6.04 Å². The maximum absolute atomic E-state index is 6.20. The van der Waals surface area contributed by atoms with Gasteiger partial charge in [-0.3, -0.25) is 0 Å². The second-order valence-electron chi connectivity index (χ2n) is 7.34. The molecule has 0 radical (unpaired) electrons. The van der Waals surface area contributed by atoms with E-state index in [1.807, 2.05) is 18.2 Å². The highest BCUT2D eigenvalue weighted by atomic mass is 16.5. The Morgan fingerprint density at radius 2 is 2.04 bits per heavy atom. The Morgan fingerprint density at radius 3 is 2.84 bits per heavy atom. The lowest BCUT2D eigenvalue weighted by Crippen LogP contribution is -2.44. The molecule has 2 heterocycles. The summed E-state index contributed by atoms with van der Waals surface area (Å²) in [4.78, 5) is 4.80. The van der Waals surface area contributed by atoms with Gasteiger partial charge in [-0.25, -0.2) is 4.98 Å². The van der Waals surface area contributed by atoms with Crippen LogP contribution in [0.3, 0.4) is 0 Å². The van der Waals surface area contributed by atoms with E-state index in [0.717, 1.165) is 35.9 Å². The molecule has 1 aromatic heterocycles. The summed E-state index contributed by atoms with van der Waals surface area (Å²) in [6, 6.07) is 10.9. The lowest BCUT2D eigenvalue weighted by molar-refractivity contribution is 0.0508. The van der Waals surface area contributed by atoms with Crippen molar-refractivity contribution in [3.8, 4) is 11.3 Å². The largest absolute Gasteiger partial charge is 0.439 e. The van der Waals surface area contributed by atoms with Crippen LogP contribution in [0.15, 0.2) is 34.7 Å². The van der Waals surface area contributed by atoms with Gasteiger partial charge in [0.25, 0.3) is 0 Å². The van der Waals surface area contributed by atoms with Gasteiger partial charge in [0.15, 0.2) is 5.76 Å². The van der Waals surface area contributed by atoms with Gasteiger partial charge in [-0.1, -0.05) is 37.3 Å². The molecule has 0 spiro atoms. The maximum Gasteiger partial charge on any atom is 0.212 e. The third kappa shape index (κ3) is 3.38. The number of nitrogens with zero attached hydrogens (tertiary/aromatic N) is 1. The number of benzene rings is 1. The molecule has 0 unspecified atom stereocenters. The molecule has 1 aliphatic heterocycles. The van der Waals surface area contributed by atoms with Crippen LogP contribution in [-0.4, -0.2) is 23.7 Å². The molecule has 1 saturated carbocycles. The monoisotopic (exact) mass is 340 g/mol. The molecule has 1 aliphatic carbocycles. The molecule has 4 rings (SSSR count). The van der Waals surface area contributed by atoms with E-state index in [4.69, 9.17) is 14.1 Å². The van der Waals surface area contributed by atoms with E-state index in [2.05, 4.69) is 31.3 Å². The second kappa shape index (κ2) is 7.30. The molecule has 1 saturated heterocycles. The molecule has 2 aromatic rings. The summed E-state index contributed by atoms with van der Waals surface area (Å²) in [6.07, 6.45) is 6.19. The molecule has 134 valence electrons. The van der Waals surface area contributed by atoms with Crippen LogP contribution in [0.25, 0.3) is 11.3 Å². The molecule has 1 aromatic carbocycles. The number of rotatable bonds is 5. The topological polar surface area (TPSA) is 47.3 Å². The Labute approximate surface area is 150 Å². The van der Waals surface area contributed by atoms with Crippen molar-refractivity contribution in [3.63, 3.8) is 0 Å². The van der Waals surface area contributed by atoms with E-state index in [0.29, 0.717) is 18.1 Å². The molecular weight excluding hydrogens is 312 g/mol. The fourth-order valence-electron chi connectivity index (χ4n) is 4.39. The van der Waals surface area contributed by atoms with Crippen LogP contribution < -0.4 is 5.32 Å². The number of hydrogen-bond donors (Lipinski definition) is 1. The van der Waals surface area contributed by atoms with Crippen molar-refractivity contribution < 1.29 is 9.15 Å². The van der Waals surface area contributed by atoms with Gasteiger partial charge in [0.2, 0.25) is 5.89 Å². The average molecular weight is 340 g/mol. The Morgan fingerprint density at radius 1 is 1.20 bits per heavy atom. The zero-order valence-electron chi connectivity index (χ0n) is 15.2. The number of aromatic nitrogens is 1. The van der Waals surface area contributed by atoms with Crippen LogP contribution in [0, 0.1) is 5.92 Å². The molecule has 4 heteroatoms. The first-order valence-corrected chi connectivity index (χ1v) is 9.69. The number of hydrogen-bond acceptors (Lipinski definition) is 4. The zero-order chi connectivity index (χ0) is 17.2. The van der Waals surface area contributed by atoms with E-state index in [1.54, 1.807) is 0 Å². The molecule has 1 N–H and O–H groups in total. The first-order chi connectivity index (χ1) is 12.3. The lowest BCUT2D eigenvalue weighted by atomic mass is 9.81. The molecular formula is C21H28N2O2. The summed E-state index contributed by atoms with van der Waals surface area (Å²) in [6.45, 7) is 5.21. The quantitative estimate of drug-likeness (QED) is 0.870. The number of oxazole rings is 1. The fourth-order valence-corrected chi connectivity index (χ4v) is 4.39. The number of aryl methyl sites for hydroxylation is 1. The molecule has 4 atom stereocenters. The minimum Gasteiger partial charge on any atom is -0.439 e. The summed E-state index contributed by atoms with van der Waals surface area (Å²) in [5.74, 6) is 2.36. The average Bonchev–Trinajstić information content (AvgIpc) is 3.30. The summed E-state index contributed by atoms with van der Waals surface area (Å²) in [7, 11) is 0. The van der Waals surface area contributed by atoms with Crippen LogP contribution in [0.4, 0.5) is 0 Å². The van der Waals surface area contributed by atoms with Crippen molar-refractivity contribution in [2.24, 2.45) is 5.92 Å². The predicted molar refractivity (Wildman–Crippen MR) is 98.4 cm³/mol. The third-order valence-corrected chi connectivity index (χ3v) is 5.70. The van der Waals surface area contributed by atoms with E-state index >= 15 is 0 Å². The number of ether oxygens (including phenoxy) is 1. The summed E-state index contributed by atoms with van der Waals surface area (Å²) < 4.78 is 12.1. The normalized spacial score (nSPS) is 27.2. The summed E-state index contributed by atoms with van der Waals surface area (Å²) >= 11 is 0. The summed E-state index contributed by atoms with van der Waals surface area (Å²) in [5.41, 5.74) is 2.15. The molecule has 2 fully saturated rings. The Balaban J connectivity index is 1.52. The van der Waals surface area contributed by atoms with Crippen LogP contribution in [0.1, 0.15) is 57.2 Å². The van der Waals surface area contributed by atoms with Gasteiger partial charge >= 0.3 is 0 Å². The van der Waals surface area contributed by atoms with E-state index < -0.39 is 0 Å². The van der Waals surface area contributed by atoms with Crippen molar-refractivity contribution in [1.29, 1.82) is 0 Å². The Hall–Kier alpha value is -1.65. The Bertz CT molecular complexity index is 697. The van der Waals surface area contributed by atoms with Crippen LogP contribution in [0.5, 0.6) is 0 Å². The third-order valence-electron chi connectivity index (χ3n) is 5.70. The SMILES string of the molecule is CCc1nc([C@H](C)N[C@@H]2CCC[C@H]3OCC[C@@H]23)oc1-c1ccccc1. The van der Waals surface area contributed by atoms with Gasteiger partial charge in [0.05, 0.1) is 17.8 Å². The first kappa shape index (κ1) is 16.8. The van der Waals surface area contributed by atoms with Crippen molar-refractivity contribution in [1.82, 2.24) is 10.3 Å². The van der Waals surface area contributed by atoms with Gasteiger partial charge in [-0.2, -0.15) is 0 Å². The standard InChI is InChI=1S/C21H28N2O2/c1-3-17-20(15-8-5-4-6-9-15)25-21(23-17)14(2)22-18-10-7-11-19-16(18)12-13-24-19/h4-6,8-9,14,16,18-19,22H,3,7,10-13H2,1-2H3/t14-,16-,18+,19+/m0/s1. The highest BCUT2D eigenvalue weighted by Crippen LogP contribution is 2.36. The van der Waals surface area contributed by atoms with Crippen molar-refractivity contribution >= 4 is 0 Å². The Kier molecular flexibility index (Phi) is 4.91. The fraction of sp³-hybridized carbons (Fsp3) is 0.571. The van der Waals surface area contributed by atoms with Crippen LogP contribution in [0.2, 0.25) is 0 Å². The minimum atomic E-state index is 0.118. The van der Waals surface area contributed by atoms with Gasteiger partial charge in [-0.15, -0.1) is 0 Å². The zero-order valence-corrected chi connectivity index (χ0v) is 15.2. The van der Waals surface area contributed by atoms with Crippen LogP contribution in [-0.2, 0) is 11.2 Å². The molecule has 25 heavy (non-hydrogen) atoms. The highest BCUT2D eigenvalue weighted by molar-refractivity contribution is 5.59. The smallest absolute Gasteiger partial charge is 0.212 e. The van der Waals surface area contributed by atoms with E-state index in [1.165, 1.54) is 25.7 Å². The van der Waals surface area contributed by atoms with Crippen LogP contribution >= 0.6 is 0 Å².